The quantitative estimate of drug-likeness (QED) is 0.731. The van der Waals surface area contributed by atoms with Gasteiger partial charge in [0.1, 0.15) is 0 Å². The first kappa shape index (κ1) is 16.2. The second-order valence-corrected chi connectivity index (χ2v) is 5.69. The molecule has 1 N–H and O–H groups in total. The Hall–Kier alpha value is -0.860. The van der Waals surface area contributed by atoms with Crippen molar-refractivity contribution in [1.29, 1.82) is 0 Å². The maximum absolute atomic E-state index is 5.64. The normalized spacial score (nSPS) is 13.5. The first-order valence-corrected chi connectivity index (χ1v) is 7.42. The maximum atomic E-state index is 5.64. The van der Waals surface area contributed by atoms with Crippen molar-refractivity contribution in [1.82, 2.24) is 5.32 Å². The van der Waals surface area contributed by atoms with Gasteiger partial charge in [0.05, 0.1) is 5.60 Å². The highest BCUT2D eigenvalue weighted by atomic mass is 16.5. The summed E-state index contributed by atoms with van der Waals surface area (Å²) >= 11 is 0. The molecule has 0 aromatic heterocycles. The van der Waals surface area contributed by atoms with E-state index in [0.717, 1.165) is 25.8 Å². The fourth-order valence-electron chi connectivity index (χ4n) is 2.31. The molecule has 1 aromatic carbocycles. The zero-order chi connectivity index (χ0) is 14.1. The molecule has 0 saturated carbocycles. The number of hydrogen-bond acceptors (Lipinski definition) is 2. The summed E-state index contributed by atoms with van der Waals surface area (Å²) in [6, 6.07) is 11.1. The third-order valence-electron chi connectivity index (χ3n) is 3.81. The van der Waals surface area contributed by atoms with Crippen molar-refractivity contribution in [3.8, 4) is 0 Å². The molecule has 0 saturated heterocycles. The van der Waals surface area contributed by atoms with Crippen molar-refractivity contribution in [2.45, 2.75) is 58.1 Å². The molecule has 1 atom stereocenters. The molecule has 1 rings (SSSR count). The van der Waals surface area contributed by atoms with Crippen molar-refractivity contribution >= 4 is 0 Å². The van der Waals surface area contributed by atoms with Crippen LogP contribution in [0.25, 0.3) is 0 Å². The fraction of sp³-hybridized carbons (Fsp3) is 0.647. The topological polar surface area (TPSA) is 21.3 Å². The van der Waals surface area contributed by atoms with Gasteiger partial charge in [-0.25, -0.2) is 0 Å². The van der Waals surface area contributed by atoms with Crippen LogP contribution in [0, 0.1) is 0 Å². The van der Waals surface area contributed by atoms with E-state index in [4.69, 9.17) is 4.74 Å². The van der Waals surface area contributed by atoms with Gasteiger partial charge in [0.2, 0.25) is 0 Å². The van der Waals surface area contributed by atoms with Gasteiger partial charge in [-0.15, -0.1) is 0 Å². The maximum Gasteiger partial charge on any atom is 0.0774 e. The van der Waals surface area contributed by atoms with Crippen molar-refractivity contribution in [3.63, 3.8) is 0 Å². The van der Waals surface area contributed by atoms with Crippen LogP contribution >= 0.6 is 0 Å². The molecule has 2 nitrogen and oxygen atoms in total. The monoisotopic (exact) mass is 263 g/mol. The summed E-state index contributed by atoms with van der Waals surface area (Å²) in [5.74, 6) is 0. The van der Waals surface area contributed by atoms with Crippen LogP contribution in [0.5, 0.6) is 0 Å². The second kappa shape index (κ2) is 8.34. The van der Waals surface area contributed by atoms with E-state index in [1.807, 2.05) is 0 Å². The van der Waals surface area contributed by atoms with Crippen LogP contribution in [0.3, 0.4) is 0 Å². The third kappa shape index (κ3) is 5.75. The molecule has 1 unspecified atom stereocenters. The van der Waals surface area contributed by atoms with Crippen molar-refractivity contribution in [2.24, 2.45) is 0 Å². The Bertz CT molecular complexity index is 334. The minimum Gasteiger partial charge on any atom is -0.377 e. The van der Waals surface area contributed by atoms with Crippen LogP contribution in [0.1, 0.15) is 45.6 Å². The highest BCUT2D eigenvalue weighted by Crippen LogP contribution is 2.19. The lowest BCUT2D eigenvalue weighted by molar-refractivity contribution is -0.0129. The van der Waals surface area contributed by atoms with Crippen LogP contribution in [-0.2, 0) is 11.2 Å². The van der Waals surface area contributed by atoms with Crippen LogP contribution in [-0.4, -0.2) is 25.3 Å². The molecule has 1 aromatic rings. The first-order valence-electron chi connectivity index (χ1n) is 7.42. The molecule has 0 heterocycles. The fourth-order valence-corrected chi connectivity index (χ4v) is 2.31. The SMILES string of the molecule is CCCNC(CCCc1ccccc1)C(C)(C)OC. The number of hydrogen-bond donors (Lipinski definition) is 1. The summed E-state index contributed by atoms with van der Waals surface area (Å²) in [5.41, 5.74) is 1.32. The summed E-state index contributed by atoms with van der Waals surface area (Å²) in [7, 11) is 1.80. The van der Waals surface area contributed by atoms with Gasteiger partial charge >= 0.3 is 0 Å². The first-order chi connectivity index (χ1) is 9.10. The Labute approximate surface area is 118 Å². The van der Waals surface area contributed by atoms with E-state index in [0.29, 0.717) is 6.04 Å². The summed E-state index contributed by atoms with van der Waals surface area (Å²) in [5, 5.41) is 3.62. The number of methoxy groups -OCH3 is 1. The van der Waals surface area contributed by atoms with Crippen LogP contribution in [0.15, 0.2) is 30.3 Å². The molecular weight excluding hydrogens is 234 g/mol. The number of aryl methyl sites for hydroxylation is 1. The van der Waals surface area contributed by atoms with E-state index in [9.17, 15) is 0 Å². The number of ether oxygens (including phenoxy) is 1. The lowest BCUT2D eigenvalue weighted by Crippen LogP contribution is -2.48. The van der Waals surface area contributed by atoms with E-state index in [-0.39, 0.29) is 5.60 Å². The molecule has 19 heavy (non-hydrogen) atoms. The molecule has 0 aliphatic carbocycles. The summed E-state index contributed by atoms with van der Waals surface area (Å²) in [6.07, 6.45) is 4.65. The summed E-state index contributed by atoms with van der Waals surface area (Å²) in [6.45, 7) is 7.60. The Kier molecular flexibility index (Phi) is 7.11. The van der Waals surface area contributed by atoms with Gasteiger partial charge in [-0.2, -0.15) is 0 Å². The van der Waals surface area contributed by atoms with Crippen molar-refractivity contribution in [2.75, 3.05) is 13.7 Å². The van der Waals surface area contributed by atoms with Crippen LogP contribution in [0.4, 0.5) is 0 Å². The average Bonchev–Trinajstić information content (AvgIpc) is 2.43. The molecule has 0 spiro atoms. The minimum absolute atomic E-state index is 0.105. The van der Waals surface area contributed by atoms with Crippen molar-refractivity contribution < 1.29 is 4.74 Å². The lowest BCUT2D eigenvalue weighted by atomic mass is 9.92. The summed E-state index contributed by atoms with van der Waals surface area (Å²) < 4.78 is 5.64. The number of benzene rings is 1. The van der Waals surface area contributed by atoms with Gasteiger partial charge in [-0.3, -0.25) is 0 Å². The predicted molar refractivity (Wildman–Crippen MR) is 82.5 cm³/mol. The standard InChI is InChI=1S/C17H29NO/c1-5-14-18-16(17(2,3)19-4)13-9-12-15-10-7-6-8-11-15/h6-8,10-11,16,18H,5,9,12-14H2,1-4H3. The molecule has 0 bridgehead atoms. The zero-order valence-corrected chi connectivity index (χ0v) is 12.9. The molecule has 0 aliphatic heterocycles. The Morgan fingerprint density at radius 2 is 1.89 bits per heavy atom. The second-order valence-electron chi connectivity index (χ2n) is 5.69. The number of rotatable bonds is 9. The van der Waals surface area contributed by atoms with Gasteiger partial charge in [-0.05, 0) is 51.6 Å². The molecular formula is C17H29NO. The Morgan fingerprint density at radius 1 is 1.21 bits per heavy atom. The molecule has 108 valence electrons. The molecule has 0 aliphatic rings. The average molecular weight is 263 g/mol. The minimum atomic E-state index is -0.105. The smallest absolute Gasteiger partial charge is 0.0774 e. The highest BCUT2D eigenvalue weighted by Gasteiger charge is 2.27. The van der Waals surface area contributed by atoms with Gasteiger partial charge < -0.3 is 10.1 Å². The molecule has 0 amide bonds. The lowest BCUT2D eigenvalue weighted by Gasteiger charge is -2.34. The van der Waals surface area contributed by atoms with Gasteiger partial charge in [-0.1, -0.05) is 37.3 Å². The predicted octanol–water partition coefficient (Wildman–Crippen LogP) is 3.80. The highest BCUT2D eigenvalue weighted by molar-refractivity contribution is 5.14. The molecule has 2 heteroatoms. The Morgan fingerprint density at radius 3 is 2.47 bits per heavy atom. The van der Waals surface area contributed by atoms with E-state index < -0.39 is 0 Å². The van der Waals surface area contributed by atoms with E-state index in [1.165, 1.54) is 12.0 Å². The third-order valence-corrected chi connectivity index (χ3v) is 3.81. The van der Waals surface area contributed by atoms with Crippen molar-refractivity contribution in [3.05, 3.63) is 35.9 Å². The number of nitrogens with one attached hydrogen (secondary N) is 1. The van der Waals surface area contributed by atoms with E-state index >= 15 is 0 Å². The van der Waals surface area contributed by atoms with E-state index in [1.54, 1.807) is 7.11 Å². The van der Waals surface area contributed by atoms with Gasteiger partial charge in [0, 0.05) is 13.2 Å². The molecule has 0 radical (unpaired) electrons. The van der Waals surface area contributed by atoms with Crippen LogP contribution in [0.2, 0.25) is 0 Å². The van der Waals surface area contributed by atoms with Gasteiger partial charge in [0.25, 0.3) is 0 Å². The van der Waals surface area contributed by atoms with Crippen LogP contribution < -0.4 is 5.32 Å². The largest absolute Gasteiger partial charge is 0.377 e. The van der Waals surface area contributed by atoms with Gasteiger partial charge in [0.15, 0.2) is 0 Å². The van der Waals surface area contributed by atoms with E-state index in [2.05, 4.69) is 56.4 Å². The Balaban J connectivity index is 2.44. The molecule has 0 fully saturated rings. The zero-order valence-electron chi connectivity index (χ0n) is 12.9. The summed E-state index contributed by atoms with van der Waals surface area (Å²) in [4.78, 5) is 0.